The van der Waals surface area contributed by atoms with Crippen LogP contribution < -0.4 is 10.4 Å². The van der Waals surface area contributed by atoms with Crippen LogP contribution in [0.25, 0.3) is 22.2 Å². The zero-order valence-corrected chi connectivity index (χ0v) is 14.0. The van der Waals surface area contributed by atoms with Crippen LogP contribution in [0.5, 0.6) is 5.75 Å². The third-order valence-corrected chi connectivity index (χ3v) is 4.09. The first-order chi connectivity index (χ1) is 13.1. The van der Waals surface area contributed by atoms with Crippen molar-refractivity contribution in [3.63, 3.8) is 0 Å². The Morgan fingerprint density at radius 1 is 0.963 bits per heavy atom. The van der Waals surface area contributed by atoms with Crippen molar-refractivity contribution >= 4 is 11.0 Å². The summed E-state index contributed by atoms with van der Waals surface area (Å²) in [4.78, 5) is 16.4. The van der Waals surface area contributed by atoms with Gasteiger partial charge in [0.15, 0.2) is 0 Å². The lowest BCUT2D eigenvalue weighted by molar-refractivity contribution is 0.292. The highest BCUT2D eigenvalue weighted by atomic mass is 19.1. The average molecular weight is 365 g/mol. The molecule has 0 aliphatic heterocycles. The van der Waals surface area contributed by atoms with Crippen molar-refractivity contribution < 1.29 is 17.9 Å². The molecule has 27 heavy (non-hydrogen) atoms. The van der Waals surface area contributed by atoms with E-state index in [-0.39, 0.29) is 12.2 Å². The second-order valence-electron chi connectivity index (χ2n) is 5.85. The molecule has 0 fully saturated rings. The van der Waals surface area contributed by atoms with E-state index >= 15 is 0 Å². The molecule has 0 atom stereocenters. The SMILES string of the molecule is O=c1oc2cc(OCc3c(F)cccc3F)ccc2cc1-c1ccccn1. The van der Waals surface area contributed by atoms with Crippen LogP contribution in [-0.2, 0) is 6.61 Å². The van der Waals surface area contributed by atoms with Gasteiger partial charge in [0.2, 0.25) is 0 Å². The molecule has 2 heterocycles. The molecule has 0 unspecified atom stereocenters. The zero-order valence-electron chi connectivity index (χ0n) is 14.0. The van der Waals surface area contributed by atoms with Crippen LogP contribution in [-0.4, -0.2) is 4.98 Å². The van der Waals surface area contributed by atoms with Gasteiger partial charge in [-0.1, -0.05) is 12.1 Å². The molecule has 4 aromatic rings. The molecular weight excluding hydrogens is 352 g/mol. The van der Waals surface area contributed by atoms with E-state index in [0.29, 0.717) is 28.0 Å². The highest BCUT2D eigenvalue weighted by Crippen LogP contribution is 2.24. The summed E-state index contributed by atoms with van der Waals surface area (Å²) in [5, 5.41) is 0.680. The third kappa shape index (κ3) is 3.42. The third-order valence-electron chi connectivity index (χ3n) is 4.09. The number of aromatic nitrogens is 1. The fourth-order valence-electron chi connectivity index (χ4n) is 2.71. The first-order valence-electron chi connectivity index (χ1n) is 8.17. The Balaban J connectivity index is 1.64. The molecule has 0 N–H and O–H groups in total. The number of rotatable bonds is 4. The summed E-state index contributed by atoms with van der Waals surface area (Å²) in [7, 11) is 0. The number of hydrogen-bond donors (Lipinski definition) is 0. The Kier molecular flexibility index (Phi) is 4.38. The van der Waals surface area contributed by atoms with E-state index in [4.69, 9.17) is 9.15 Å². The topological polar surface area (TPSA) is 52.3 Å². The van der Waals surface area contributed by atoms with Gasteiger partial charge in [0.25, 0.3) is 0 Å². The summed E-state index contributed by atoms with van der Waals surface area (Å²) < 4.78 is 38.2. The highest BCUT2D eigenvalue weighted by molar-refractivity contribution is 5.82. The van der Waals surface area contributed by atoms with Crippen molar-refractivity contribution in [2.45, 2.75) is 6.61 Å². The molecule has 6 heteroatoms. The van der Waals surface area contributed by atoms with Gasteiger partial charge in [0.05, 0.1) is 16.8 Å². The highest BCUT2D eigenvalue weighted by Gasteiger charge is 2.11. The second kappa shape index (κ2) is 6.99. The minimum Gasteiger partial charge on any atom is -0.489 e. The predicted molar refractivity (Wildman–Crippen MR) is 96.4 cm³/mol. The first-order valence-corrected chi connectivity index (χ1v) is 8.17. The van der Waals surface area contributed by atoms with Crippen LogP contribution in [0.3, 0.4) is 0 Å². The second-order valence-corrected chi connectivity index (χ2v) is 5.85. The molecule has 0 saturated heterocycles. The van der Waals surface area contributed by atoms with E-state index in [1.54, 1.807) is 42.6 Å². The van der Waals surface area contributed by atoms with Gasteiger partial charge in [0, 0.05) is 17.6 Å². The zero-order chi connectivity index (χ0) is 18.8. The molecule has 2 aromatic heterocycles. The molecular formula is C21H13F2NO3. The number of hydrogen-bond acceptors (Lipinski definition) is 4. The molecule has 0 aliphatic rings. The summed E-state index contributed by atoms with van der Waals surface area (Å²) in [5.74, 6) is -1.02. The molecule has 0 spiro atoms. The maximum Gasteiger partial charge on any atom is 0.345 e. The van der Waals surface area contributed by atoms with Crippen molar-refractivity contribution in [3.05, 3.63) is 94.5 Å². The van der Waals surface area contributed by atoms with Crippen molar-refractivity contribution in [1.29, 1.82) is 0 Å². The lowest BCUT2D eigenvalue weighted by Crippen LogP contribution is -2.04. The van der Waals surface area contributed by atoms with Crippen molar-refractivity contribution in [3.8, 4) is 17.0 Å². The van der Waals surface area contributed by atoms with E-state index in [1.165, 1.54) is 24.3 Å². The van der Waals surface area contributed by atoms with Gasteiger partial charge in [-0.3, -0.25) is 4.98 Å². The number of benzene rings is 2. The van der Waals surface area contributed by atoms with E-state index in [1.807, 2.05) is 0 Å². The van der Waals surface area contributed by atoms with Crippen molar-refractivity contribution in [2.75, 3.05) is 0 Å². The minimum absolute atomic E-state index is 0.162. The smallest absolute Gasteiger partial charge is 0.345 e. The quantitative estimate of drug-likeness (QED) is 0.492. The minimum atomic E-state index is -0.678. The molecule has 0 aliphatic carbocycles. The van der Waals surface area contributed by atoms with Crippen molar-refractivity contribution in [2.24, 2.45) is 0 Å². The van der Waals surface area contributed by atoms with E-state index < -0.39 is 17.3 Å². The number of ether oxygens (including phenoxy) is 1. The monoisotopic (exact) mass is 365 g/mol. The molecule has 0 saturated carbocycles. The summed E-state index contributed by atoms with van der Waals surface area (Å²) in [6.45, 7) is -0.278. The lowest BCUT2D eigenvalue weighted by Gasteiger charge is -2.09. The largest absolute Gasteiger partial charge is 0.489 e. The molecule has 4 rings (SSSR count). The predicted octanol–water partition coefficient (Wildman–Crippen LogP) is 4.71. The summed E-state index contributed by atoms with van der Waals surface area (Å²) in [6, 6.07) is 15.4. The molecule has 0 bridgehead atoms. The number of halogens is 2. The molecule has 134 valence electrons. The standard InChI is InChI=1S/C21H13F2NO3/c22-17-4-3-5-18(23)16(17)12-26-14-8-7-13-10-15(19-6-1-2-9-24-19)21(25)27-20(13)11-14/h1-11H,12H2. The van der Waals surface area contributed by atoms with Crippen LogP contribution in [0.2, 0.25) is 0 Å². The van der Waals surface area contributed by atoms with Gasteiger partial charge in [-0.2, -0.15) is 0 Å². The normalized spacial score (nSPS) is 10.9. The van der Waals surface area contributed by atoms with Crippen LogP contribution in [0.4, 0.5) is 8.78 Å². The first kappa shape index (κ1) is 16.9. The van der Waals surface area contributed by atoms with Crippen LogP contribution in [0, 0.1) is 11.6 Å². The number of fused-ring (bicyclic) bond motifs is 1. The van der Waals surface area contributed by atoms with E-state index in [2.05, 4.69) is 4.98 Å². The number of nitrogens with zero attached hydrogens (tertiary/aromatic N) is 1. The van der Waals surface area contributed by atoms with Gasteiger partial charge < -0.3 is 9.15 Å². The Hall–Kier alpha value is -3.54. The Morgan fingerprint density at radius 3 is 2.52 bits per heavy atom. The molecule has 0 amide bonds. The Labute approximate surface area is 152 Å². The number of pyridine rings is 1. The summed E-state index contributed by atoms with van der Waals surface area (Å²) in [6.07, 6.45) is 1.59. The van der Waals surface area contributed by atoms with Crippen LogP contribution in [0.1, 0.15) is 5.56 Å². The fraction of sp³-hybridized carbons (Fsp3) is 0.0476. The van der Waals surface area contributed by atoms with Gasteiger partial charge >= 0.3 is 5.63 Å². The average Bonchev–Trinajstić information content (AvgIpc) is 2.67. The molecule has 4 nitrogen and oxygen atoms in total. The Bertz CT molecular complexity index is 1150. The van der Waals surface area contributed by atoms with Gasteiger partial charge in [0.1, 0.15) is 29.6 Å². The van der Waals surface area contributed by atoms with Gasteiger partial charge in [-0.25, -0.2) is 13.6 Å². The van der Waals surface area contributed by atoms with Crippen LogP contribution >= 0.6 is 0 Å². The fourth-order valence-corrected chi connectivity index (χ4v) is 2.71. The maximum atomic E-state index is 13.7. The van der Waals surface area contributed by atoms with Crippen LogP contribution in [0.15, 0.2) is 76.1 Å². The summed E-state index contributed by atoms with van der Waals surface area (Å²) >= 11 is 0. The van der Waals surface area contributed by atoms with E-state index in [0.717, 1.165) is 0 Å². The lowest BCUT2D eigenvalue weighted by atomic mass is 10.1. The summed E-state index contributed by atoms with van der Waals surface area (Å²) in [5.41, 5.74) is 0.489. The Morgan fingerprint density at radius 2 is 1.78 bits per heavy atom. The van der Waals surface area contributed by atoms with Gasteiger partial charge in [-0.15, -0.1) is 0 Å². The molecule has 0 radical (unpaired) electrons. The van der Waals surface area contributed by atoms with E-state index in [9.17, 15) is 13.6 Å². The van der Waals surface area contributed by atoms with Crippen molar-refractivity contribution in [1.82, 2.24) is 4.98 Å². The maximum absolute atomic E-state index is 13.7. The van der Waals surface area contributed by atoms with Gasteiger partial charge in [-0.05, 0) is 42.5 Å². The molecule has 2 aromatic carbocycles.